The molecule has 1 unspecified atom stereocenters. The number of nitro groups is 1. The van der Waals surface area contributed by atoms with E-state index in [-0.39, 0.29) is 24.5 Å². The molecule has 104 valence electrons. The first-order chi connectivity index (χ1) is 8.75. The first-order valence-corrected chi connectivity index (χ1v) is 5.65. The van der Waals surface area contributed by atoms with E-state index in [1.54, 1.807) is 19.1 Å². The van der Waals surface area contributed by atoms with Crippen LogP contribution in [0, 0.1) is 17.0 Å². The van der Waals surface area contributed by atoms with Crippen LogP contribution >= 0.6 is 0 Å². The molecule has 7 heteroatoms. The molecule has 0 bridgehead atoms. The van der Waals surface area contributed by atoms with Crippen LogP contribution in [0.3, 0.4) is 0 Å². The molecule has 19 heavy (non-hydrogen) atoms. The number of nitrogens with zero attached hydrogens (tertiary/aromatic N) is 1. The molecule has 1 rings (SSSR count). The van der Waals surface area contributed by atoms with Gasteiger partial charge in [-0.3, -0.25) is 14.9 Å². The molecule has 0 aliphatic carbocycles. The van der Waals surface area contributed by atoms with Gasteiger partial charge in [-0.25, -0.2) is 0 Å². The highest BCUT2D eigenvalue weighted by Gasteiger charge is 2.28. The second-order valence-corrected chi connectivity index (χ2v) is 4.50. The molecule has 1 atom stereocenters. The van der Waals surface area contributed by atoms with Crippen LogP contribution < -0.4 is 10.5 Å². The molecule has 0 radical (unpaired) electrons. The number of carboxylic acids is 1. The maximum Gasteiger partial charge on any atom is 0.323 e. The van der Waals surface area contributed by atoms with E-state index in [2.05, 4.69) is 0 Å². The number of aryl methyl sites for hydroxylation is 1. The minimum Gasteiger partial charge on any atom is -0.487 e. The Hall–Kier alpha value is -2.15. The molecule has 3 N–H and O–H groups in total. The lowest BCUT2D eigenvalue weighted by Gasteiger charge is -2.19. The number of hydrogen-bond acceptors (Lipinski definition) is 5. The average molecular weight is 268 g/mol. The van der Waals surface area contributed by atoms with Gasteiger partial charge < -0.3 is 15.6 Å². The Morgan fingerprint density at radius 1 is 1.58 bits per heavy atom. The number of ether oxygens (including phenoxy) is 1. The lowest BCUT2D eigenvalue weighted by Crippen LogP contribution is -2.45. The lowest BCUT2D eigenvalue weighted by molar-refractivity contribution is -0.386. The molecule has 0 aromatic heterocycles. The highest BCUT2D eigenvalue weighted by Crippen LogP contribution is 2.30. The number of nitro benzene ring substituents is 1. The fourth-order valence-corrected chi connectivity index (χ4v) is 1.46. The summed E-state index contributed by atoms with van der Waals surface area (Å²) in [4.78, 5) is 21.2. The van der Waals surface area contributed by atoms with Crippen molar-refractivity contribution < 1.29 is 19.6 Å². The smallest absolute Gasteiger partial charge is 0.323 e. The first-order valence-electron chi connectivity index (χ1n) is 5.65. The summed E-state index contributed by atoms with van der Waals surface area (Å²) in [5, 5.41) is 19.8. The van der Waals surface area contributed by atoms with E-state index >= 15 is 0 Å². The molecule has 1 aromatic rings. The Labute approximate surface area is 110 Å². The third kappa shape index (κ3) is 3.65. The van der Waals surface area contributed by atoms with Gasteiger partial charge in [0.05, 0.1) is 11.5 Å². The van der Waals surface area contributed by atoms with Crippen LogP contribution in [0.15, 0.2) is 18.2 Å². The molecule has 0 aliphatic heterocycles. The van der Waals surface area contributed by atoms with Crippen LogP contribution in [0.2, 0.25) is 0 Å². The van der Waals surface area contributed by atoms with Gasteiger partial charge in [0.15, 0.2) is 5.75 Å². The van der Waals surface area contributed by atoms with E-state index in [0.29, 0.717) is 5.56 Å². The molecule has 1 aromatic carbocycles. The number of para-hydroxylation sites is 1. The lowest BCUT2D eigenvalue weighted by atomic mass is 10.0. The van der Waals surface area contributed by atoms with Crippen molar-refractivity contribution in [3.8, 4) is 5.75 Å². The van der Waals surface area contributed by atoms with Crippen molar-refractivity contribution in [3.63, 3.8) is 0 Å². The molecule has 0 heterocycles. The molecule has 0 fully saturated rings. The van der Waals surface area contributed by atoms with E-state index in [1.165, 1.54) is 13.0 Å². The number of aliphatic carboxylic acids is 1. The topological polar surface area (TPSA) is 116 Å². The number of benzene rings is 1. The zero-order valence-electron chi connectivity index (χ0n) is 10.8. The third-order valence-corrected chi connectivity index (χ3v) is 2.75. The van der Waals surface area contributed by atoms with Crippen molar-refractivity contribution >= 4 is 11.7 Å². The maximum atomic E-state index is 10.9. The molecule has 7 nitrogen and oxygen atoms in total. The summed E-state index contributed by atoms with van der Waals surface area (Å²) in [5.74, 6) is -1.03. The Balaban J connectivity index is 2.77. The number of nitrogens with two attached hydrogens (primary N) is 1. The molecule has 0 spiro atoms. The summed E-state index contributed by atoms with van der Waals surface area (Å²) in [7, 11) is 0. The SMILES string of the molecule is Cc1cccc(OCCC(C)(N)C(=O)O)c1[N+](=O)[O-]. The van der Waals surface area contributed by atoms with Crippen LogP contribution in [0.1, 0.15) is 18.9 Å². The van der Waals surface area contributed by atoms with Crippen LogP contribution in [0.25, 0.3) is 0 Å². The van der Waals surface area contributed by atoms with Crippen molar-refractivity contribution in [2.24, 2.45) is 5.73 Å². The fraction of sp³-hybridized carbons (Fsp3) is 0.417. The van der Waals surface area contributed by atoms with Gasteiger partial charge >= 0.3 is 11.7 Å². The monoisotopic (exact) mass is 268 g/mol. The van der Waals surface area contributed by atoms with Gasteiger partial charge in [-0.15, -0.1) is 0 Å². The van der Waals surface area contributed by atoms with Crippen molar-refractivity contribution in [1.29, 1.82) is 0 Å². The van der Waals surface area contributed by atoms with E-state index in [9.17, 15) is 14.9 Å². The fourth-order valence-electron chi connectivity index (χ4n) is 1.46. The Kier molecular flexibility index (Phi) is 4.44. The quantitative estimate of drug-likeness (QED) is 0.596. The average Bonchev–Trinajstić information content (AvgIpc) is 2.27. The van der Waals surface area contributed by atoms with Crippen molar-refractivity contribution in [2.45, 2.75) is 25.8 Å². The van der Waals surface area contributed by atoms with E-state index in [0.717, 1.165) is 0 Å². The van der Waals surface area contributed by atoms with Gasteiger partial charge in [-0.1, -0.05) is 12.1 Å². The first kappa shape index (κ1) is 14.9. The Morgan fingerprint density at radius 3 is 2.74 bits per heavy atom. The van der Waals surface area contributed by atoms with Gasteiger partial charge in [-0.2, -0.15) is 0 Å². The standard InChI is InChI=1S/C12H16N2O5/c1-8-4-3-5-9(10(8)14(17)18)19-7-6-12(2,13)11(15)16/h3-5H,6-7,13H2,1-2H3,(H,15,16). The van der Waals surface area contributed by atoms with Crippen LogP contribution in [0.5, 0.6) is 5.75 Å². The number of rotatable bonds is 6. The van der Waals surface area contributed by atoms with Crippen molar-refractivity contribution in [2.75, 3.05) is 6.61 Å². The summed E-state index contributed by atoms with van der Waals surface area (Å²) in [5.41, 5.74) is 4.49. The van der Waals surface area contributed by atoms with Gasteiger partial charge in [0.2, 0.25) is 0 Å². The summed E-state index contributed by atoms with van der Waals surface area (Å²) in [6.45, 7) is 2.96. The van der Waals surface area contributed by atoms with Crippen molar-refractivity contribution in [3.05, 3.63) is 33.9 Å². The minimum atomic E-state index is -1.42. The Bertz CT molecular complexity index is 499. The van der Waals surface area contributed by atoms with Gasteiger partial charge in [0.1, 0.15) is 5.54 Å². The normalized spacial score (nSPS) is 13.6. The van der Waals surface area contributed by atoms with Crippen LogP contribution in [-0.4, -0.2) is 28.1 Å². The molecule has 0 aliphatic rings. The number of carbonyl (C=O) groups is 1. The van der Waals surface area contributed by atoms with Gasteiger partial charge in [0, 0.05) is 12.0 Å². The second kappa shape index (κ2) is 5.66. The van der Waals surface area contributed by atoms with Crippen molar-refractivity contribution in [1.82, 2.24) is 0 Å². The van der Waals surface area contributed by atoms with E-state index < -0.39 is 16.4 Å². The van der Waals surface area contributed by atoms with Gasteiger partial charge in [0.25, 0.3) is 0 Å². The van der Waals surface area contributed by atoms with Gasteiger partial charge in [-0.05, 0) is 19.9 Å². The zero-order valence-corrected chi connectivity index (χ0v) is 10.8. The predicted octanol–water partition coefficient (Wildman–Crippen LogP) is 1.47. The minimum absolute atomic E-state index is 0.0103. The molecule has 0 saturated heterocycles. The maximum absolute atomic E-state index is 10.9. The zero-order chi connectivity index (χ0) is 14.6. The predicted molar refractivity (Wildman–Crippen MR) is 68.2 cm³/mol. The largest absolute Gasteiger partial charge is 0.487 e. The summed E-state index contributed by atoms with van der Waals surface area (Å²) < 4.78 is 5.28. The summed E-state index contributed by atoms with van der Waals surface area (Å²) >= 11 is 0. The summed E-state index contributed by atoms with van der Waals surface area (Å²) in [6, 6.07) is 4.71. The molecular weight excluding hydrogens is 252 g/mol. The highest BCUT2D eigenvalue weighted by atomic mass is 16.6. The van der Waals surface area contributed by atoms with E-state index in [1.807, 2.05) is 0 Å². The highest BCUT2D eigenvalue weighted by molar-refractivity contribution is 5.77. The van der Waals surface area contributed by atoms with Crippen LogP contribution in [-0.2, 0) is 4.79 Å². The van der Waals surface area contributed by atoms with E-state index in [4.69, 9.17) is 15.6 Å². The second-order valence-electron chi connectivity index (χ2n) is 4.50. The molecule has 0 saturated carbocycles. The summed E-state index contributed by atoms with van der Waals surface area (Å²) in [6.07, 6.45) is 0.0490. The molecule has 0 amide bonds. The number of hydrogen-bond donors (Lipinski definition) is 2. The third-order valence-electron chi connectivity index (χ3n) is 2.75. The molecular formula is C12H16N2O5. The Morgan fingerprint density at radius 2 is 2.21 bits per heavy atom. The number of carboxylic acid groups (broad SMARTS) is 1. The van der Waals surface area contributed by atoms with Crippen LogP contribution in [0.4, 0.5) is 5.69 Å².